The predicted molar refractivity (Wildman–Crippen MR) is 113 cm³/mol. The first kappa shape index (κ1) is 19.1. The molecule has 1 saturated carbocycles. The Morgan fingerprint density at radius 3 is 2.61 bits per heavy atom. The number of rotatable bonds is 4. The third-order valence-electron chi connectivity index (χ3n) is 6.13. The molecule has 0 unspecified atom stereocenters. The van der Waals surface area contributed by atoms with Gasteiger partial charge < -0.3 is 20.5 Å². The zero-order chi connectivity index (χ0) is 21.6. The largest absolute Gasteiger partial charge is 0.363 e. The summed E-state index contributed by atoms with van der Waals surface area (Å²) in [6, 6.07) is 11.1. The van der Waals surface area contributed by atoms with Gasteiger partial charge in [-0.1, -0.05) is 12.1 Å². The first-order valence-corrected chi connectivity index (χ1v) is 10.2. The number of amides is 2. The standard InChI is InChI=1S/C22H21N7O2/c23-12-15-3-1-14(2-4-15)11-17(30)29-10-9-28(13-22(29)6-7-22)21-16-5-8-25-19(16)26-20(27-21)18(24)31/h1-5,8H,6-7,9-11,13H2,(H2,24,31)(H,25,26,27). The van der Waals surface area contributed by atoms with E-state index >= 15 is 0 Å². The quantitative estimate of drug-likeness (QED) is 0.661. The number of nitrogens with one attached hydrogen (secondary N) is 1. The molecule has 0 radical (unpaired) electrons. The third kappa shape index (κ3) is 3.36. The Balaban J connectivity index is 1.37. The van der Waals surface area contributed by atoms with Crippen molar-refractivity contribution in [1.29, 1.82) is 5.26 Å². The number of piperazine rings is 1. The van der Waals surface area contributed by atoms with Crippen LogP contribution in [0.25, 0.3) is 11.0 Å². The number of benzene rings is 1. The van der Waals surface area contributed by atoms with Crippen LogP contribution in [0.15, 0.2) is 36.5 Å². The minimum atomic E-state index is -0.671. The molecule has 9 heteroatoms. The molecule has 31 heavy (non-hydrogen) atoms. The number of hydrogen-bond donors (Lipinski definition) is 2. The number of fused-ring (bicyclic) bond motifs is 1. The van der Waals surface area contributed by atoms with E-state index in [1.807, 2.05) is 23.1 Å². The Bertz CT molecular complexity index is 1220. The van der Waals surface area contributed by atoms with Gasteiger partial charge in [0, 0.05) is 25.8 Å². The van der Waals surface area contributed by atoms with Gasteiger partial charge in [-0.25, -0.2) is 9.97 Å². The fourth-order valence-corrected chi connectivity index (χ4v) is 4.36. The van der Waals surface area contributed by atoms with Crippen LogP contribution in [0.2, 0.25) is 0 Å². The Labute approximate surface area is 178 Å². The fraction of sp³-hybridized carbons (Fsp3) is 0.318. The molecule has 3 heterocycles. The van der Waals surface area contributed by atoms with E-state index in [2.05, 4.69) is 25.9 Å². The normalized spacial score (nSPS) is 17.0. The summed E-state index contributed by atoms with van der Waals surface area (Å²) < 4.78 is 0. The van der Waals surface area contributed by atoms with Gasteiger partial charge in [-0.05, 0) is 36.6 Å². The number of nitriles is 1. The van der Waals surface area contributed by atoms with Gasteiger partial charge in [-0.3, -0.25) is 9.59 Å². The Morgan fingerprint density at radius 2 is 1.94 bits per heavy atom. The number of aromatic amines is 1. The number of H-pyrrole nitrogens is 1. The number of nitrogens with zero attached hydrogens (tertiary/aromatic N) is 5. The molecule has 1 aromatic carbocycles. The second kappa shape index (κ2) is 7.09. The van der Waals surface area contributed by atoms with Crippen LogP contribution in [0, 0.1) is 11.3 Å². The van der Waals surface area contributed by atoms with Gasteiger partial charge in [0.15, 0.2) is 0 Å². The van der Waals surface area contributed by atoms with Gasteiger partial charge >= 0.3 is 0 Å². The van der Waals surface area contributed by atoms with E-state index in [9.17, 15) is 9.59 Å². The average molecular weight is 415 g/mol. The van der Waals surface area contributed by atoms with E-state index in [4.69, 9.17) is 11.0 Å². The van der Waals surface area contributed by atoms with Crippen molar-refractivity contribution in [3.8, 4) is 6.07 Å². The number of hydrogen-bond acceptors (Lipinski definition) is 6. The highest BCUT2D eigenvalue weighted by atomic mass is 16.2. The summed E-state index contributed by atoms with van der Waals surface area (Å²) in [6.45, 7) is 1.84. The van der Waals surface area contributed by atoms with Crippen LogP contribution in [-0.2, 0) is 11.2 Å². The van der Waals surface area contributed by atoms with Gasteiger partial charge in [0.1, 0.15) is 11.5 Å². The summed E-state index contributed by atoms with van der Waals surface area (Å²) in [5, 5.41) is 9.77. The summed E-state index contributed by atoms with van der Waals surface area (Å²) in [7, 11) is 0. The van der Waals surface area contributed by atoms with Crippen molar-refractivity contribution in [2.45, 2.75) is 24.8 Å². The van der Waals surface area contributed by atoms with Crippen molar-refractivity contribution in [1.82, 2.24) is 19.9 Å². The molecule has 0 atom stereocenters. The molecule has 1 aliphatic carbocycles. The number of anilines is 1. The van der Waals surface area contributed by atoms with E-state index in [0.29, 0.717) is 43.1 Å². The molecule has 9 nitrogen and oxygen atoms in total. The van der Waals surface area contributed by atoms with Crippen LogP contribution in [-0.4, -0.2) is 56.8 Å². The maximum Gasteiger partial charge on any atom is 0.286 e. The summed E-state index contributed by atoms with van der Waals surface area (Å²) >= 11 is 0. The molecule has 1 aliphatic heterocycles. The van der Waals surface area contributed by atoms with Crippen LogP contribution in [0.1, 0.15) is 34.6 Å². The number of primary amides is 1. The summed E-state index contributed by atoms with van der Waals surface area (Å²) in [6.07, 6.45) is 3.95. The molecule has 0 bridgehead atoms. The van der Waals surface area contributed by atoms with Crippen molar-refractivity contribution in [3.05, 3.63) is 53.5 Å². The Kier molecular flexibility index (Phi) is 4.36. The minimum absolute atomic E-state index is 0.0193. The summed E-state index contributed by atoms with van der Waals surface area (Å²) in [4.78, 5) is 40.5. The number of carbonyl (C=O) groups excluding carboxylic acids is 2. The number of nitrogens with two attached hydrogens (primary N) is 1. The lowest BCUT2D eigenvalue weighted by Gasteiger charge is -2.43. The van der Waals surface area contributed by atoms with Gasteiger partial charge in [0.2, 0.25) is 11.7 Å². The summed E-state index contributed by atoms with van der Waals surface area (Å²) in [5.74, 6) is 0.0731. The predicted octanol–water partition coefficient (Wildman–Crippen LogP) is 1.35. The molecule has 5 rings (SSSR count). The molecule has 2 amide bonds. The van der Waals surface area contributed by atoms with Crippen molar-refractivity contribution in [2.24, 2.45) is 5.73 Å². The molecule has 2 fully saturated rings. The smallest absolute Gasteiger partial charge is 0.286 e. The van der Waals surface area contributed by atoms with E-state index in [0.717, 1.165) is 23.8 Å². The van der Waals surface area contributed by atoms with Crippen LogP contribution in [0.4, 0.5) is 5.82 Å². The summed E-state index contributed by atoms with van der Waals surface area (Å²) in [5.41, 5.74) is 7.27. The fourth-order valence-electron chi connectivity index (χ4n) is 4.36. The maximum absolute atomic E-state index is 13.1. The van der Waals surface area contributed by atoms with Crippen LogP contribution in [0.3, 0.4) is 0 Å². The molecule has 156 valence electrons. The van der Waals surface area contributed by atoms with Gasteiger partial charge in [-0.2, -0.15) is 5.26 Å². The Hall–Kier alpha value is -3.93. The minimum Gasteiger partial charge on any atom is -0.363 e. The van der Waals surface area contributed by atoms with E-state index in [1.165, 1.54) is 0 Å². The Morgan fingerprint density at radius 1 is 1.16 bits per heavy atom. The molecular formula is C22H21N7O2. The van der Waals surface area contributed by atoms with Crippen molar-refractivity contribution >= 4 is 28.7 Å². The topological polar surface area (TPSA) is 132 Å². The first-order chi connectivity index (χ1) is 15.0. The van der Waals surface area contributed by atoms with Gasteiger partial charge in [0.05, 0.1) is 29.0 Å². The lowest BCUT2D eigenvalue weighted by atomic mass is 10.1. The number of aromatic nitrogens is 3. The molecule has 1 spiro atoms. The van der Waals surface area contributed by atoms with E-state index in [1.54, 1.807) is 18.3 Å². The highest BCUT2D eigenvalue weighted by Gasteiger charge is 2.53. The van der Waals surface area contributed by atoms with Crippen LogP contribution < -0.4 is 10.6 Å². The molecule has 3 N–H and O–H groups in total. The van der Waals surface area contributed by atoms with E-state index < -0.39 is 5.91 Å². The molecule has 2 aromatic heterocycles. The lowest BCUT2D eigenvalue weighted by Crippen LogP contribution is -2.57. The van der Waals surface area contributed by atoms with Gasteiger partial charge in [-0.15, -0.1) is 0 Å². The van der Waals surface area contributed by atoms with Crippen molar-refractivity contribution in [3.63, 3.8) is 0 Å². The lowest BCUT2D eigenvalue weighted by molar-refractivity contribution is -0.134. The zero-order valence-corrected chi connectivity index (χ0v) is 16.8. The van der Waals surface area contributed by atoms with Crippen LogP contribution >= 0.6 is 0 Å². The van der Waals surface area contributed by atoms with Crippen LogP contribution in [0.5, 0.6) is 0 Å². The van der Waals surface area contributed by atoms with E-state index in [-0.39, 0.29) is 17.3 Å². The van der Waals surface area contributed by atoms with Crippen molar-refractivity contribution < 1.29 is 9.59 Å². The molecule has 1 saturated heterocycles. The maximum atomic E-state index is 13.1. The SMILES string of the molecule is N#Cc1ccc(CC(=O)N2CCN(c3nc(C(N)=O)nc4[nH]ccc34)CC23CC3)cc1. The third-order valence-corrected chi connectivity index (χ3v) is 6.13. The highest BCUT2D eigenvalue weighted by molar-refractivity contribution is 5.95. The first-order valence-electron chi connectivity index (χ1n) is 10.2. The average Bonchev–Trinajstić information content (AvgIpc) is 3.35. The monoisotopic (exact) mass is 415 g/mol. The second-order valence-corrected chi connectivity index (χ2v) is 8.15. The zero-order valence-electron chi connectivity index (χ0n) is 16.8. The molecule has 2 aliphatic rings. The molecular weight excluding hydrogens is 394 g/mol. The number of carbonyl (C=O) groups is 2. The highest BCUT2D eigenvalue weighted by Crippen LogP contribution is 2.45. The van der Waals surface area contributed by atoms with Gasteiger partial charge in [0.25, 0.3) is 5.91 Å². The second-order valence-electron chi connectivity index (χ2n) is 8.15. The van der Waals surface area contributed by atoms with Crippen molar-refractivity contribution in [2.75, 3.05) is 24.5 Å². The molecule has 3 aromatic rings.